The van der Waals surface area contributed by atoms with E-state index < -0.39 is 0 Å². The first-order valence-electron chi connectivity index (χ1n) is 5.57. The van der Waals surface area contributed by atoms with Crippen LogP contribution in [0.2, 0.25) is 0 Å². The number of methoxy groups -OCH3 is 1. The second-order valence-corrected chi connectivity index (χ2v) is 3.89. The molecule has 0 aromatic carbocycles. The van der Waals surface area contributed by atoms with E-state index in [9.17, 15) is 0 Å². The van der Waals surface area contributed by atoms with Crippen LogP contribution in [0.4, 0.5) is 5.95 Å². The summed E-state index contributed by atoms with van der Waals surface area (Å²) in [7, 11) is 1.60. The summed E-state index contributed by atoms with van der Waals surface area (Å²) in [6.45, 7) is 2.58. The Morgan fingerprint density at radius 2 is 2.56 bits per heavy atom. The van der Waals surface area contributed by atoms with Crippen LogP contribution >= 0.6 is 0 Å². The quantitative estimate of drug-likeness (QED) is 0.834. The molecule has 0 bridgehead atoms. The molecule has 5 heteroatoms. The lowest BCUT2D eigenvalue weighted by molar-refractivity contribution is 0.0594. The van der Waals surface area contributed by atoms with E-state index in [2.05, 4.69) is 15.3 Å². The molecule has 5 nitrogen and oxygen atoms in total. The van der Waals surface area contributed by atoms with Crippen molar-refractivity contribution >= 4 is 5.95 Å². The second kappa shape index (κ2) is 5.65. The maximum Gasteiger partial charge on any atom is 0.225 e. The highest BCUT2D eigenvalue weighted by molar-refractivity contribution is 5.27. The summed E-state index contributed by atoms with van der Waals surface area (Å²) in [6.07, 6.45) is 4.04. The smallest absolute Gasteiger partial charge is 0.225 e. The molecule has 1 saturated heterocycles. The molecule has 1 aromatic rings. The van der Waals surface area contributed by atoms with Crippen molar-refractivity contribution in [3.8, 4) is 5.88 Å². The summed E-state index contributed by atoms with van der Waals surface area (Å²) in [5.74, 6) is 1.76. The number of rotatable bonds is 4. The Morgan fingerprint density at radius 1 is 1.62 bits per heavy atom. The van der Waals surface area contributed by atoms with E-state index >= 15 is 0 Å². The van der Waals surface area contributed by atoms with Gasteiger partial charge in [-0.2, -0.15) is 4.98 Å². The van der Waals surface area contributed by atoms with Crippen LogP contribution in [0.5, 0.6) is 5.88 Å². The van der Waals surface area contributed by atoms with Gasteiger partial charge in [0.15, 0.2) is 0 Å². The Bertz CT molecular complexity index is 327. The summed E-state index contributed by atoms with van der Waals surface area (Å²) in [6, 6.07) is 1.73. The number of nitrogens with zero attached hydrogens (tertiary/aromatic N) is 2. The highest BCUT2D eigenvalue weighted by Crippen LogP contribution is 2.14. The summed E-state index contributed by atoms with van der Waals surface area (Å²) in [5.41, 5.74) is 0. The van der Waals surface area contributed by atoms with Gasteiger partial charge in [0.05, 0.1) is 13.7 Å². The van der Waals surface area contributed by atoms with Crippen molar-refractivity contribution in [3.05, 3.63) is 12.3 Å². The average Bonchev–Trinajstić information content (AvgIpc) is 2.38. The molecule has 16 heavy (non-hydrogen) atoms. The average molecular weight is 223 g/mol. The van der Waals surface area contributed by atoms with Crippen LogP contribution in [-0.4, -0.2) is 36.8 Å². The van der Waals surface area contributed by atoms with Crippen LogP contribution in [0.15, 0.2) is 12.3 Å². The molecule has 1 unspecified atom stereocenters. The number of aromatic nitrogens is 2. The van der Waals surface area contributed by atoms with Crippen molar-refractivity contribution in [2.45, 2.75) is 12.8 Å². The molecular formula is C11H17N3O2. The van der Waals surface area contributed by atoms with E-state index in [0.717, 1.165) is 26.2 Å². The van der Waals surface area contributed by atoms with Crippen LogP contribution < -0.4 is 10.1 Å². The van der Waals surface area contributed by atoms with E-state index in [-0.39, 0.29) is 0 Å². The van der Waals surface area contributed by atoms with Gasteiger partial charge >= 0.3 is 0 Å². The molecule has 0 radical (unpaired) electrons. The van der Waals surface area contributed by atoms with Gasteiger partial charge in [0.25, 0.3) is 0 Å². The largest absolute Gasteiger partial charge is 0.481 e. The van der Waals surface area contributed by atoms with Gasteiger partial charge in [-0.25, -0.2) is 4.98 Å². The van der Waals surface area contributed by atoms with Crippen molar-refractivity contribution in [2.75, 3.05) is 32.2 Å². The van der Waals surface area contributed by atoms with Crippen LogP contribution in [0.1, 0.15) is 12.8 Å². The minimum absolute atomic E-state index is 0.559. The molecule has 1 N–H and O–H groups in total. The zero-order chi connectivity index (χ0) is 11.2. The Hall–Kier alpha value is -1.36. The lowest BCUT2D eigenvalue weighted by Crippen LogP contribution is -2.24. The van der Waals surface area contributed by atoms with Crippen LogP contribution in [0, 0.1) is 5.92 Å². The normalized spacial score (nSPS) is 20.4. The van der Waals surface area contributed by atoms with Crippen molar-refractivity contribution < 1.29 is 9.47 Å². The minimum Gasteiger partial charge on any atom is -0.481 e. The minimum atomic E-state index is 0.559. The maximum absolute atomic E-state index is 5.41. The zero-order valence-corrected chi connectivity index (χ0v) is 9.48. The van der Waals surface area contributed by atoms with Gasteiger partial charge in [0.2, 0.25) is 11.8 Å². The SMILES string of the molecule is COc1ccnc(NCC2CCCOC2)n1. The molecule has 2 rings (SSSR count). The third-order valence-electron chi connectivity index (χ3n) is 2.64. The fourth-order valence-corrected chi connectivity index (χ4v) is 1.75. The predicted octanol–water partition coefficient (Wildman–Crippen LogP) is 1.32. The number of ether oxygens (including phenoxy) is 2. The number of nitrogens with one attached hydrogen (secondary N) is 1. The molecule has 0 saturated carbocycles. The van der Waals surface area contributed by atoms with E-state index in [1.165, 1.54) is 6.42 Å². The Labute approximate surface area is 95.2 Å². The molecule has 1 aromatic heterocycles. The summed E-state index contributed by atoms with van der Waals surface area (Å²) >= 11 is 0. The number of anilines is 1. The van der Waals surface area contributed by atoms with Crippen molar-refractivity contribution in [2.24, 2.45) is 5.92 Å². The topological polar surface area (TPSA) is 56.3 Å². The van der Waals surface area contributed by atoms with E-state index in [4.69, 9.17) is 9.47 Å². The molecule has 1 aliphatic rings. The molecule has 1 atom stereocenters. The first kappa shape index (κ1) is 11.1. The Kier molecular flexibility index (Phi) is 3.93. The van der Waals surface area contributed by atoms with Gasteiger partial charge in [-0.3, -0.25) is 0 Å². The highest BCUT2D eigenvalue weighted by atomic mass is 16.5. The van der Waals surface area contributed by atoms with Gasteiger partial charge < -0.3 is 14.8 Å². The zero-order valence-electron chi connectivity index (χ0n) is 9.48. The first-order chi connectivity index (χ1) is 7.88. The fourth-order valence-electron chi connectivity index (χ4n) is 1.75. The van der Waals surface area contributed by atoms with Crippen LogP contribution in [-0.2, 0) is 4.74 Å². The molecule has 88 valence electrons. The third-order valence-corrected chi connectivity index (χ3v) is 2.64. The lowest BCUT2D eigenvalue weighted by Gasteiger charge is -2.22. The summed E-state index contributed by atoms with van der Waals surface area (Å²) in [5, 5.41) is 3.21. The number of hydrogen-bond donors (Lipinski definition) is 1. The first-order valence-corrected chi connectivity index (χ1v) is 5.57. The molecule has 2 heterocycles. The van der Waals surface area contributed by atoms with Gasteiger partial charge in [0, 0.05) is 25.4 Å². The molecular weight excluding hydrogens is 206 g/mol. The fraction of sp³-hybridized carbons (Fsp3) is 0.636. The summed E-state index contributed by atoms with van der Waals surface area (Å²) < 4.78 is 10.4. The van der Waals surface area contributed by atoms with Crippen molar-refractivity contribution in [3.63, 3.8) is 0 Å². The van der Waals surface area contributed by atoms with E-state index in [0.29, 0.717) is 17.7 Å². The molecule has 1 aliphatic heterocycles. The lowest BCUT2D eigenvalue weighted by atomic mass is 10.0. The van der Waals surface area contributed by atoms with Gasteiger partial charge in [-0.05, 0) is 18.8 Å². The van der Waals surface area contributed by atoms with E-state index in [1.54, 1.807) is 19.4 Å². The van der Waals surface area contributed by atoms with Crippen LogP contribution in [0.3, 0.4) is 0 Å². The van der Waals surface area contributed by atoms with Crippen LogP contribution in [0.25, 0.3) is 0 Å². The van der Waals surface area contributed by atoms with Crippen molar-refractivity contribution in [1.82, 2.24) is 9.97 Å². The monoisotopic (exact) mass is 223 g/mol. The molecule has 0 aliphatic carbocycles. The standard InChI is InChI=1S/C11H17N3O2/c1-15-10-4-5-12-11(14-10)13-7-9-3-2-6-16-8-9/h4-5,9H,2-3,6-8H2,1H3,(H,12,13,14). The predicted molar refractivity (Wildman–Crippen MR) is 60.6 cm³/mol. The van der Waals surface area contributed by atoms with E-state index in [1.807, 2.05) is 0 Å². The Morgan fingerprint density at radius 3 is 3.31 bits per heavy atom. The molecule has 0 amide bonds. The molecule has 1 fully saturated rings. The number of hydrogen-bond acceptors (Lipinski definition) is 5. The van der Waals surface area contributed by atoms with Gasteiger partial charge in [0.1, 0.15) is 0 Å². The maximum atomic E-state index is 5.41. The molecule has 0 spiro atoms. The summed E-state index contributed by atoms with van der Waals surface area (Å²) in [4.78, 5) is 8.32. The second-order valence-electron chi connectivity index (χ2n) is 3.89. The van der Waals surface area contributed by atoms with Crippen molar-refractivity contribution in [1.29, 1.82) is 0 Å². The van der Waals surface area contributed by atoms with Gasteiger partial charge in [-0.15, -0.1) is 0 Å². The highest BCUT2D eigenvalue weighted by Gasteiger charge is 2.13. The Balaban J connectivity index is 1.83. The third kappa shape index (κ3) is 3.06. The van der Waals surface area contributed by atoms with Gasteiger partial charge in [-0.1, -0.05) is 0 Å².